The maximum Gasteiger partial charge on any atom is 0.305 e. The van der Waals surface area contributed by atoms with Gasteiger partial charge in [-0.1, -0.05) is 12.1 Å². The number of carbonyl (C=O) groups excluding carboxylic acids is 2. The molecule has 0 bridgehead atoms. The summed E-state index contributed by atoms with van der Waals surface area (Å²) in [5.41, 5.74) is 5.63. The highest BCUT2D eigenvalue weighted by Crippen LogP contribution is 2.28. The van der Waals surface area contributed by atoms with Crippen LogP contribution in [-0.2, 0) is 11.3 Å². The van der Waals surface area contributed by atoms with Gasteiger partial charge in [-0.15, -0.1) is 0 Å². The molecule has 0 saturated heterocycles. The summed E-state index contributed by atoms with van der Waals surface area (Å²) in [6.45, 7) is 0.713. The van der Waals surface area contributed by atoms with Crippen molar-refractivity contribution in [2.45, 2.75) is 25.4 Å². The minimum Gasteiger partial charge on any atom is -0.459 e. The fourth-order valence-corrected chi connectivity index (χ4v) is 2.40. The second-order valence-corrected chi connectivity index (χ2v) is 5.74. The lowest BCUT2D eigenvalue weighted by atomic mass is 10.2. The first kappa shape index (κ1) is 16.2. The van der Waals surface area contributed by atoms with Gasteiger partial charge in [0.25, 0.3) is 5.91 Å². The zero-order valence-corrected chi connectivity index (χ0v) is 13.0. The zero-order valence-electron chi connectivity index (χ0n) is 13.0. The van der Waals surface area contributed by atoms with Crippen molar-refractivity contribution in [1.82, 2.24) is 15.8 Å². The molecule has 0 radical (unpaired) electrons. The molecule has 2 amide bonds. The molecule has 1 aliphatic carbocycles. The van der Waals surface area contributed by atoms with Crippen LogP contribution in [0, 0.1) is 5.82 Å². The van der Waals surface area contributed by atoms with Crippen LogP contribution < -0.4 is 10.9 Å². The van der Waals surface area contributed by atoms with E-state index >= 15 is 0 Å². The number of rotatable bonds is 6. The van der Waals surface area contributed by atoms with E-state index in [1.807, 2.05) is 4.90 Å². The third kappa shape index (κ3) is 4.42. The lowest BCUT2D eigenvalue weighted by molar-refractivity contribution is -0.123. The van der Waals surface area contributed by atoms with Crippen molar-refractivity contribution in [1.29, 1.82) is 0 Å². The first-order valence-corrected chi connectivity index (χ1v) is 7.73. The average molecular weight is 331 g/mol. The van der Waals surface area contributed by atoms with Gasteiger partial charge in [-0.05, 0) is 42.7 Å². The van der Waals surface area contributed by atoms with Crippen molar-refractivity contribution in [3.05, 3.63) is 59.8 Å². The molecule has 0 spiro atoms. The van der Waals surface area contributed by atoms with Crippen LogP contribution >= 0.6 is 0 Å². The number of amides is 2. The van der Waals surface area contributed by atoms with E-state index in [0.29, 0.717) is 12.6 Å². The number of halogens is 1. The van der Waals surface area contributed by atoms with Gasteiger partial charge >= 0.3 is 5.91 Å². The van der Waals surface area contributed by atoms with E-state index in [1.54, 1.807) is 18.2 Å². The topological polar surface area (TPSA) is 74.6 Å². The summed E-state index contributed by atoms with van der Waals surface area (Å²) in [6.07, 6.45) is 3.45. The highest BCUT2D eigenvalue weighted by atomic mass is 19.1. The largest absolute Gasteiger partial charge is 0.459 e. The molecule has 126 valence electrons. The minimum absolute atomic E-state index is 0.126. The van der Waals surface area contributed by atoms with Crippen LogP contribution in [0.5, 0.6) is 0 Å². The second kappa shape index (κ2) is 7.27. The summed E-state index contributed by atoms with van der Waals surface area (Å²) < 4.78 is 17.9. The van der Waals surface area contributed by atoms with Gasteiger partial charge < -0.3 is 4.42 Å². The molecular formula is C17H18FN3O3. The van der Waals surface area contributed by atoms with E-state index in [4.69, 9.17) is 4.42 Å². The van der Waals surface area contributed by atoms with Crippen LogP contribution in [0.3, 0.4) is 0 Å². The SMILES string of the molecule is O=C(CN(Cc1ccc(F)cc1)C1CC1)NNC(=O)c1ccco1. The Labute approximate surface area is 138 Å². The van der Waals surface area contributed by atoms with Crippen molar-refractivity contribution in [3.8, 4) is 0 Å². The first-order chi connectivity index (χ1) is 11.6. The molecule has 2 aromatic rings. The summed E-state index contributed by atoms with van der Waals surface area (Å²) in [4.78, 5) is 25.8. The van der Waals surface area contributed by atoms with Crippen LogP contribution in [0.4, 0.5) is 4.39 Å². The summed E-state index contributed by atoms with van der Waals surface area (Å²) in [6, 6.07) is 9.68. The Balaban J connectivity index is 1.50. The predicted molar refractivity (Wildman–Crippen MR) is 84.1 cm³/mol. The molecule has 1 aromatic heterocycles. The number of nitrogens with one attached hydrogen (secondary N) is 2. The fourth-order valence-electron chi connectivity index (χ4n) is 2.40. The molecule has 1 aliphatic rings. The Morgan fingerprint density at radius 3 is 2.54 bits per heavy atom. The van der Waals surface area contributed by atoms with Gasteiger partial charge in [0, 0.05) is 12.6 Å². The Kier molecular flexibility index (Phi) is 4.90. The Morgan fingerprint density at radius 2 is 1.92 bits per heavy atom. The molecule has 6 nitrogen and oxygen atoms in total. The number of carbonyl (C=O) groups is 2. The molecule has 0 unspecified atom stereocenters. The zero-order chi connectivity index (χ0) is 16.9. The molecular weight excluding hydrogens is 313 g/mol. The van der Waals surface area contributed by atoms with E-state index in [0.717, 1.165) is 18.4 Å². The predicted octanol–water partition coefficient (Wildman–Crippen LogP) is 1.84. The third-order valence-corrected chi connectivity index (χ3v) is 3.77. The van der Waals surface area contributed by atoms with E-state index in [9.17, 15) is 14.0 Å². The first-order valence-electron chi connectivity index (χ1n) is 7.73. The average Bonchev–Trinajstić information content (AvgIpc) is 3.28. The van der Waals surface area contributed by atoms with Crippen molar-refractivity contribution < 1.29 is 18.4 Å². The van der Waals surface area contributed by atoms with E-state index < -0.39 is 5.91 Å². The smallest absolute Gasteiger partial charge is 0.305 e. The second-order valence-electron chi connectivity index (χ2n) is 5.74. The number of furan rings is 1. The lowest BCUT2D eigenvalue weighted by Gasteiger charge is -2.21. The number of benzene rings is 1. The van der Waals surface area contributed by atoms with Crippen LogP contribution in [0.2, 0.25) is 0 Å². The van der Waals surface area contributed by atoms with Gasteiger partial charge in [0.15, 0.2) is 5.76 Å². The summed E-state index contributed by atoms with van der Waals surface area (Å²) >= 11 is 0. The molecule has 1 heterocycles. The standard InChI is InChI=1S/C17H18FN3O3/c18-13-5-3-12(4-6-13)10-21(14-7-8-14)11-16(22)19-20-17(23)15-2-1-9-24-15/h1-6,9,14H,7-8,10-11H2,(H,19,22)(H,20,23). The molecule has 1 saturated carbocycles. The summed E-state index contributed by atoms with van der Waals surface area (Å²) in [7, 11) is 0. The normalized spacial score (nSPS) is 13.8. The molecule has 24 heavy (non-hydrogen) atoms. The number of hydrogen-bond acceptors (Lipinski definition) is 4. The quantitative estimate of drug-likeness (QED) is 0.792. The van der Waals surface area contributed by atoms with Crippen LogP contribution in [0.15, 0.2) is 47.1 Å². The Morgan fingerprint density at radius 1 is 1.17 bits per heavy atom. The number of hydrogen-bond donors (Lipinski definition) is 2. The highest BCUT2D eigenvalue weighted by Gasteiger charge is 2.30. The molecule has 0 aliphatic heterocycles. The van der Waals surface area contributed by atoms with Gasteiger partial charge in [-0.25, -0.2) is 4.39 Å². The van der Waals surface area contributed by atoms with Crippen LogP contribution in [0.25, 0.3) is 0 Å². The number of hydrazine groups is 1. The summed E-state index contributed by atoms with van der Waals surface area (Å²) in [5.74, 6) is -0.982. The van der Waals surface area contributed by atoms with Gasteiger partial charge in [0.2, 0.25) is 0 Å². The molecule has 7 heteroatoms. The maximum absolute atomic E-state index is 13.0. The summed E-state index contributed by atoms with van der Waals surface area (Å²) in [5, 5.41) is 0. The Bertz CT molecular complexity index is 696. The minimum atomic E-state index is -0.509. The van der Waals surface area contributed by atoms with E-state index in [2.05, 4.69) is 10.9 Å². The molecule has 3 rings (SSSR count). The van der Waals surface area contributed by atoms with Crippen molar-refractivity contribution >= 4 is 11.8 Å². The molecule has 1 aromatic carbocycles. The monoisotopic (exact) mass is 331 g/mol. The van der Waals surface area contributed by atoms with E-state index in [-0.39, 0.29) is 24.0 Å². The lowest BCUT2D eigenvalue weighted by Crippen LogP contribution is -2.46. The van der Waals surface area contributed by atoms with Crippen LogP contribution in [0.1, 0.15) is 29.0 Å². The van der Waals surface area contributed by atoms with E-state index in [1.165, 1.54) is 24.5 Å². The van der Waals surface area contributed by atoms with Crippen LogP contribution in [-0.4, -0.2) is 29.3 Å². The molecule has 2 N–H and O–H groups in total. The maximum atomic E-state index is 13.0. The van der Waals surface area contributed by atoms with Gasteiger partial charge in [0.1, 0.15) is 5.82 Å². The van der Waals surface area contributed by atoms with Crippen molar-refractivity contribution in [2.75, 3.05) is 6.54 Å². The van der Waals surface area contributed by atoms with Gasteiger partial charge in [-0.3, -0.25) is 25.3 Å². The number of nitrogens with zero attached hydrogens (tertiary/aromatic N) is 1. The molecule has 0 atom stereocenters. The van der Waals surface area contributed by atoms with Crippen molar-refractivity contribution in [2.24, 2.45) is 0 Å². The van der Waals surface area contributed by atoms with Gasteiger partial charge in [-0.2, -0.15) is 0 Å². The third-order valence-electron chi connectivity index (χ3n) is 3.77. The van der Waals surface area contributed by atoms with Gasteiger partial charge in [0.05, 0.1) is 12.8 Å². The highest BCUT2D eigenvalue weighted by molar-refractivity contribution is 5.93. The fraction of sp³-hybridized carbons (Fsp3) is 0.294. The Hall–Kier alpha value is -2.67. The van der Waals surface area contributed by atoms with Crippen molar-refractivity contribution in [3.63, 3.8) is 0 Å². The molecule has 1 fully saturated rings.